The molecule has 1 nitrogen and oxygen atoms in total. The Balaban J connectivity index is 2.88. The van der Waals surface area contributed by atoms with Gasteiger partial charge in [-0.3, -0.25) is 0 Å². The van der Waals surface area contributed by atoms with Crippen LogP contribution >= 0.6 is 15.9 Å². The summed E-state index contributed by atoms with van der Waals surface area (Å²) in [7, 11) is 1.80. The molecular formula is C10H11BrF3N. The Morgan fingerprint density at radius 2 is 2.00 bits per heavy atom. The average molecular weight is 282 g/mol. The number of benzene rings is 1. The number of alkyl halides is 3. The molecule has 1 rings (SSSR count). The second kappa shape index (κ2) is 4.99. The maximum absolute atomic E-state index is 12.3. The van der Waals surface area contributed by atoms with Crippen LogP contribution < -0.4 is 5.32 Å². The van der Waals surface area contributed by atoms with Gasteiger partial charge >= 0.3 is 6.18 Å². The minimum Gasteiger partial charge on any atom is -0.319 e. The van der Waals surface area contributed by atoms with E-state index in [-0.39, 0.29) is 0 Å². The van der Waals surface area contributed by atoms with Crippen LogP contribution in [-0.2, 0) is 12.6 Å². The van der Waals surface area contributed by atoms with Crippen LogP contribution in [0.25, 0.3) is 0 Å². The van der Waals surface area contributed by atoms with Crippen molar-refractivity contribution >= 4 is 15.9 Å². The first-order valence-electron chi connectivity index (χ1n) is 4.45. The number of rotatable bonds is 3. The Labute approximate surface area is 94.8 Å². The molecule has 0 aromatic heterocycles. The zero-order chi connectivity index (χ0) is 11.5. The maximum atomic E-state index is 12.3. The lowest BCUT2D eigenvalue weighted by Gasteiger charge is -2.09. The van der Waals surface area contributed by atoms with Crippen molar-refractivity contribution in [3.63, 3.8) is 0 Å². The summed E-state index contributed by atoms with van der Waals surface area (Å²) in [5.41, 5.74) is 0.250. The van der Waals surface area contributed by atoms with Crippen molar-refractivity contribution in [2.45, 2.75) is 12.6 Å². The predicted molar refractivity (Wildman–Crippen MR) is 56.8 cm³/mol. The van der Waals surface area contributed by atoms with Crippen molar-refractivity contribution in [1.29, 1.82) is 0 Å². The monoisotopic (exact) mass is 281 g/mol. The van der Waals surface area contributed by atoms with Crippen molar-refractivity contribution in [3.8, 4) is 0 Å². The summed E-state index contributed by atoms with van der Waals surface area (Å²) in [6.07, 6.45) is -3.57. The van der Waals surface area contributed by atoms with Gasteiger partial charge in [0.15, 0.2) is 0 Å². The van der Waals surface area contributed by atoms with Crippen LogP contribution in [0.1, 0.15) is 11.1 Å². The van der Waals surface area contributed by atoms with E-state index in [1.54, 1.807) is 7.05 Å². The van der Waals surface area contributed by atoms with Crippen molar-refractivity contribution in [2.24, 2.45) is 0 Å². The Morgan fingerprint density at radius 1 is 1.33 bits per heavy atom. The SMILES string of the molecule is CNCCc1ccc(C(F)(F)F)cc1Br. The lowest BCUT2D eigenvalue weighted by atomic mass is 10.1. The van der Waals surface area contributed by atoms with Crippen LogP contribution in [0.5, 0.6) is 0 Å². The van der Waals surface area contributed by atoms with E-state index in [4.69, 9.17) is 0 Å². The van der Waals surface area contributed by atoms with Gasteiger partial charge in [0.1, 0.15) is 0 Å². The van der Waals surface area contributed by atoms with Crippen LogP contribution in [0.4, 0.5) is 13.2 Å². The van der Waals surface area contributed by atoms with Gasteiger partial charge in [-0.25, -0.2) is 0 Å². The predicted octanol–water partition coefficient (Wildman–Crippen LogP) is 3.23. The van der Waals surface area contributed by atoms with E-state index in [0.29, 0.717) is 10.9 Å². The lowest BCUT2D eigenvalue weighted by molar-refractivity contribution is -0.137. The molecule has 0 aliphatic rings. The van der Waals surface area contributed by atoms with Crippen LogP contribution in [0, 0.1) is 0 Å². The van der Waals surface area contributed by atoms with E-state index in [2.05, 4.69) is 21.2 Å². The smallest absolute Gasteiger partial charge is 0.319 e. The Morgan fingerprint density at radius 3 is 2.47 bits per heavy atom. The number of hydrogen-bond acceptors (Lipinski definition) is 1. The quantitative estimate of drug-likeness (QED) is 0.897. The normalized spacial score (nSPS) is 11.8. The van der Waals surface area contributed by atoms with Gasteiger partial charge < -0.3 is 5.32 Å². The van der Waals surface area contributed by atoms with Crippen LogP contribution in [0.2, 0.25) is 0 Å². The number of hydrogen-bond donors (Lipinski definition) is 1. The highest BCUT2D eigenvalue weighted by Crippen LogP contribution is 2.32. The zero-order valence-corrected chi connectivity index (χ0v) is 9.74. The number of likely N-dealkylation sites (N-methyl/N-ethyl adjacent to an activating group) is 1. The van der Waals surface area contributed by atoms with Crippen molar-refractivity contribution in [2.75, 3.05) is 13.6 Å². The fourth-order valence-corrected chi connectivity index (χ4v) is 1.76. The van der Waals surface area contributed by atoms with Gasteiger partial charge in [0.05, 0.1) is 5.56 Å². The van der Waals surface area contributed by atoms with Gasteiger partial charge in [-0.2, -0.15) is 13.2 Å². The summed E-state index contributed by atoms with van der Waals surface area (Å²) in [5.74, 6) is 0. The molecule has 0 radical (unpaired) electrons. The molecule has 1 aromatic carbocycles. The molecule has 0 bridgehead atoms. The largest absolute Gasteiger partial charge is 0.416 e. The summed E-state index contributed by atoms with van der Waals surface area (Å²) < 4.78 is 37.5. The summed E-state index contributed by atoms with van der Waals surface area (Å²) in [5, 5.41) is 2.95. The second-order valence-electron chi connectivity index (χ2n) is 3.16. The summed E-state index contributed by atoms with van der Waals surface area (Å²) in [6.45, 7) is 0.740. The van der Waals surface area contributed by atoms with Gasteiger partial charge in [-0.1, -0.05) is 22.0 Å². The molecule has 0 heterocycles. The van der Waals surface area contributed by atoms with Crippen LogP contribution in [0.15, 0.2) is 22.7 Å². The van der Waals surface area contributed by atoms with Gasteiger partial charge in [0.2, 0.25) is 0 Å². The first kappa shape index (κ1) is 12.5. The molecule has 0 fully saturated rings. The Kier molecular flexibility index (Phi) is 4.16. The summed E-state index contributed by atoms with van der Waals surface area (Å²) >= 11 is 3.14. The van der Waals surface area contributed by atoms with E-state index in [9.17, 15) is 13.2 Å². The molecule has 0 aliphatic carbocycles. The average Bonchev–Trinajstić information content (AvgIpc) is 2.14. The second-order valence-corrected chi connectivity index (χ2v) is 4.01. The third-order valence-corrected chi connectivity index (χ3v) is 2.76. The highest BCUT2D eigenvalue weighted by molar-refractivity contribution is 9.10. The minimum atomic E-state index is -4.27. The topological polar surface area (TPSA) is 12.0 Å². The third-order valence-electron chi connectivity index (χ3n) is 2.02. The van der Waals surface area contributed by atoms with Gasteiger partial charge in [0, 0.05) is 4.47 Å². The molecule has 0 aliphatic heterocycles. The molecule has 0 atom stereocenters. The molecule has 0 amide bonds. The highest BCUT2D eigenvalue weighted by Gasteiger charge is 2.30. The van der Waals surface area contributed by atoms with Crippen LogP contribution in [-0.4, -0.2) is 13.6 Å². The minimum absolute atomic E-state index is 0.507. The molecule has 5 heteroatoms. The molecule has 0 saturated carbocycles. The van der Waals surface area contributed by atoms with Crippen molar-refractivity contribution in [1.82, 2.24) is 5.32 Å². The Bertz CT molecular complexity index is 336. The van der Waals surface area contributed by atoms with Crippen molar-refractivity contribution < 1.29 is 13.2 Å². The molecule has 84 valence electrons. The molecule has 0 spiro atoms. The first-order chi connectivity index (χ1) is 6.95. The third kappa shape index (κ3) is 3.50. The molecule has 1 aromatic rings. The van der Waals surface area contributed by atoms with Gasteiger partial charge in [-0.05, 0) is 37.7 Å². The van der Waals surface area contributed by atoms with Gasteiger partial charge in [0.25, 0.3) is 0 Å². The van der Waals surface area contributed by atoms with Crippen molar-refractivity contribution in [3.05, 3.63) is 33.8 Å². The maximum Gasteiger partial charge on any atom is 0.416 e. The summed E-state index contributed by atoms with van der Waals surface area (Å²) in [6, 6.07) is 3.73. The molecular weight excluding hydrogens is 271 g/mol. The number of nitrogens with one attached hydrogen (secondary N) is 1. The van der Waals surface area contributed by atoms with E-state index >= 15 is 0 Å². The van der Waals surface area contributed by atoms with Gasteiger partial charge in [-0.15, -0.1) is 0 Å². The lowest BCUT2D eigenvalue weighted by Crippen LogP contribution is -2.11. The molecule has 0 unspecified atom stereocenters. The van der Waals surface area contributed by atoms with E-state index in [1.165, 1.54) is 6.07 Å². The number of halogens is 4. The fraction of sp³-hybridized carbons (Fsp3) is 0.400. The molecule has 15 heavy (non-hydrogen) atoms. The standard InChI is InChI=1S/C10H11BrF3N/c1-15-5-4-7-2-3-8(6-9(7)11)10(12,13)14/h2-3,6,15H,4-5H2,1H3. The first-order valence-corrected chi connectivity index (χ1v) is 5.24. The highest BCUT2D eigenvalue weighted by atomic mass is 79.9. The van der Waals surface area contributed by atoms with E-state index in [1.807, 2.05) is 0 Å². The fourth-order valence-electron chi connectivity index (χ4n) is 1.19. The van der Waals surface area contributed by atoms with Crippen LogP contribution in [0.3, 0.4) is 0 Å². The molecule has 0 saturated heterocycles. The molecule has 1 N–H and O–H groups in total. The van der Waals surface area contributed by atoms with E-state index < -0.39 is 11.7 Å². The summed E-state index contributed by atoms with van der Waals surface area (Å²) in [4.78, 5) is 0. The van der Waals surface area contributed by atoms with E-state index in [0.717, 1.165) is 24.2 Å². The zero-order valence-electron chi connectivity index (χ0n) is 8.16. The Hall–Kier alpha value is -0.550.